The first-order chi connectivity index (χ1) is 17.2. The molecule has 10 nitrogen and oxygen atoms in total. The Balaban J connectivity index is 1.79. The van der Waals surface area contributed by atoms with Gasteiger partial charge in [-0.15, -0.1) is 0 Å². The summed E-state index contributed by atoms with van der Waals surface area (Å²) in [6.07, 6.45) is 1.15. The summed E-state index contributed by atoms with van der Waals surface area (Å²) in [6.45, 7) is 12.3. The van der Waals surface area contributed by atoms with Gasteiger partial charge in [-0.1, -0.05) is 13.8 Å². The third-order valence-corrected chi connectivity index (χ3v) is 6.03. The molecular weight excluding hydrogens is 462 g/mol. The van der Waals surface area contributed by atoms with Crippen LogP contribution in [0.15, 0.2) is 46.1 Å². The van der Waals surface area contributed by atoms with E-state index in [-0.39, 0.29) is 24.1 Å². The summed E-state index contributed by atoms with van der Waals surface area (Å²) in [5, 5.41) is 3.94. The van der Waals surface area contributed by atoms with Gasteiger partial charge in [-0.25, -0.2) is 4.79 Å². The number of esters is 1. The number of amides is 1. The van der Waals surface area contributed by atoms with Crippen molar-refractivity contribution in [3.05, 3.63) is 41.6 Å². The monoisotopic (exact) mass is 499 g/mol. The Morgan fingerprint density at radius 1 is 1.17 bits per heavy atom. The van der Waals surface area contributed by atoms with Gasteiger partial charge in [-0.2, -0.15) is 5.10 Å². The second kappa shape index (κ2) is 12.1. The van der Waals surface area contributed by atoms with Crippen molar-refractivity contribution < 1.29 is 23.8 Å². The Hall–Kier alpha value is -3.24. The number of carbonyl (C=O) groups excluding carboxylic acids is 2. The van der Waals surface area contributed by atoms with E-state index in [0.717, 1.165) is 32.8 Å². The van der Waals surface area contributed by atoms with Crippen molar-refractivity contribution in [2.24, 2.45) is 21.4 Å². The van der Waals surface area contributed by atoms with Crippen LogP contribution in [0.2, 0.25) is 0 Å². The molecule has 3 rings (SSSR count). The Morgan fingerprint density at radius 3 is 2.42 bits per heavy atom. The maximum absolute atomic E-state index is 13.5. The van der Waals surface area contributed by atoms with Gasteiger partial charge in [-0.3, -0.25) is 14.7 Å². The quantitative estimate of drug-likeness (QED) is 0.347. The lowest BCUT2D eigenvalue weighted by Gasteiger charge is -2.29. The van der Waals surface area contributed by atoms with E-state index in [0.29, 0.717) is 29.3 Å². The first-order valence-corrected chi connectivity index (χ1v) is 12.2. The van der Waals surface area contributed by atoms with E-state index < -0.39 is 11.4 Å². The standard InChI is InChI=1S/C26H37N5O5/c1-18(2)36-25(33)21-16-31(17-26(3,4)23(29-27)22(21)28-5)24(32)19-6-8-20(9-7-19)35-15-12-30-10-13-34-14-11-30/h6-9,16,18H,10-15,17,27H2,1-5H3. The largest absolute Gasteiger partial charge is 0.492 e. The van der Waals surface area contributed by atoms with E-state index in [9.17, 15) is 9.59 Å². The van der Waals surface area contributed by atoms with Crippen molar-refractivity contribution >= 4 is 23.3 Å². The molecule has 1 fully saturated rings. The molecule has 0 spiro atoms. The molecule has 0 saturated carbocycles. The molecule has 1 aromatic rings. The topological polar surface area (TPSA) is 119 Å². The fourth-order valence-electron chi connectivity index (χ4n) is 4.21. The van der Waals surface area contributed by atoms with Gasteiger partial charge in [0.2, 0.25) is 0 Å². The molecule has 0 unspecified atom stereocenters. The van der Waals surface area contributed by atoms with Crippen LogP contribution in [0.3, 0.4) is 0 Å². The first-order valence-electron chi connectivity index (χ1n) is 12.2. The van der Waals surface area contributed by atoms with Gasteiger partial charge in [0, 0.05) is 50.4 Å². The predicted octanol–water partition coefficient (Wildman–Crippen LogP) is 2.10. The van der Waals surface area contributed by atoms with Crippen LogP contribution in [0.4, 0.5) is 0 Å². The summed E-state index contributed by atoms with van der Waals surface area (Å²) in [4.78, 5) is 34.5. The van der Waals surface area contributed by atoms with Gasteiger partial charge >= 0.3 is 5.97 Å². The fraction of sp³-hybridized carbons (Fsp3) is 0.538. The average molecular weight is 500 g/mol. The van der Waals surface area contributed by atoms with Crippen molar-refractivity contribution in [1.29, 1.82) is 0 Å². The Kier molecular flexibility index (Phi) is 9.22. The van der Waals surface area contributed by atoms with Crippen LogP contribution in [0.1, 0.15) is 38.1 Å². The summed E-state index contributed by atoms with van der Waals surface area (Å²) in [7, 11) is 1.56. The molecule has 0 aromatic heterocycles. The smallest absolute Gasteiger partial charge is 0.342 e. The number of benzene rings is 1. The summed E-state index contributed by atoms with van der Waals surface area (Å²) >= 11 is 0. The Labute approximate surface area is 212 Å². The van der Waals surface area contributed by atoms with Crippen LogP contribution in [-0.2, 0) is 14.3 Å². The normalized spacial score (nSPS) is 20.8. The number of hydrogen-bond donors (Lipinski definition) is 1. The molecule has 10 heteroatoms. The third kappa shape index (κ3) is 6.70. The minimum atomic E-state index is -0.668. The highest BCUT2D eigenvalue weighted by Gasteiger charge is 2.39. The molecule has 0 radical (unpaired) electrons. The number of nitrogens with two attached hydrogens (primary N) is 1. The van der Waals surface area contributed by atoms with Gasteiger partial charge in [0.05, 0.1) is 30.7 Å². The van der Waals surface area contributed by atoms with E-state index >= 15 is 0 Å². The molecule has 2 aliphatic rings. The Bertz CT molecular complexity index is 1020. The average Bonchev–Trinajstić information content (AvgIpc) is 2.97. The number of nitrogens with zero attached hydrogens (tertiary/aromatic N) is 4. The lowest BCUT2D eigenvalue weighted by atomic mass is 9.83. The van der Waals surface area contributed by atoms with Crippen LogP contribution < -0.4 is 10.6 Å². The van der Waals surface area contributed by atoms with Crippen molar-refractivity contribution in [3.8, 4) is 5.75 Å². The predicted molar refractivity (Wildman–Crippen MR) is 138 cm³/mol. The lowest BCUT2D eigenvalue weighted by molar-refractivity contribution is -0.142. The van der Waals surface area contributed by atoms with Crippen molar-refractivity contribution in [3.63, 3.8) is 0 Å². The number of morpholine rings is 1. The van der Waals surface area contributed by atoms with Crippen molar-refractivity contribution in [1.82, 2.24) is 9.80 Å². The summed E-state index contributed by atoms with van der Waals surface area (Å²) in [5.41, 5.74) is 0.668. The van der Waals surface area contributed by atoms with Crippen LogP contribution >= 0.6 is 0 Å². The lowest BCUT2D eigenvalue weighted by Crippen LogP contribution is -2.41. The maximum Gasteiger partial charge on any atom is 0.342 e. The number of ether oxygens (including phenoxy) is 3. The molecular formula is C26H37N5O5. The molecule has 36 heavy (non-hydrogen) atoms. The van der Waals surface area contributed by atoms with E-state index in [1.165, 1.54) is 11.1 Å². The fourth-order valence-corrected chi connectivity index (χ4v) is 4.21. The second-order valence-corrected chi connectivity index (χ2v) is 9.69. The molecule has 0 aliphatic carbocycles. The Morgan fingerprint density at radius 2 is 1.83 bits per heavy atom. The first kappa shape index (κ1) is 27.3. The zero-order chi connectivity index (χ0) is 26.3. The summed E-state index contributed by atoms with van der Waals surface area (Å²) in [6, 6.07) is 6.99. The molecule has 2 heterocycles. The molecule has 1 amide bonds. The SMILES string of the molecule is CN=C1C(C(=O)OC(C)C)=CN(C(=O)c2ccc(OCCN3CCOCC3)cc2)CC(C)(C)C1=NN. The van der Waals surface area contributed by atoms with Crippen LogP contribution in [0.5, 0.6) is 5.75 Å². The van der Waals surface area contributed by atoms with E-state index in [1.807, 2.05) is 13.8 Å². The summed E-state index contributed by atoms with van der Waals surface area (Å²) in [5.74, 6) is 5.54. The van der Waals surface area contributed by atoms with E-state index in [4.69, 9.17) is 20.1 Å². The van der Waals surface area contributed by atoms with Crippen LogP contribution in [0, 0.1) is 5.41 Å². The molecule has 0 bridgehead atoms. The van der Waals surface area contributed by atoms with Gasteiger partial charge < -0.3 is 25.0 Å². The molecule has 2 N–H and O–H groups in total. The highest BCUT2D eigenvalue weighted by molar-refractivity contribution is 6.54. The number of aliphatic imine (C=N–C) groups is 1. The highest BCUT2D eigenvalue weighted by atomic mass is 16.5. The highest BCUT2D eigenvalue weighted by Crippen LogP contribution is 2.28. The molecule has 1 saturated heterocycles. The zero-order valence-corrected chi connectivity index (χ0v) is 21.8. The summed E-state index contributed by atoms with van der Waals surface area (Å²) < 4.78 is 16.6. The number of carbonyl (C=O) groups is 2. The van der Waals surface area contributed by atoms with Crippen molar-refractivity contribution in [2.45, 2.75) is 33.8 Å². The second-order valence-electron chi connectivity index (χ2n) is 9.69. The van der Waals surface area contributed by atoms with Gasteiger partial charge in [0.25, 0.3) is 5.91 Å². The van der Waals surface area contributed by atoms with Crippen molar-refractivity contribution in [2.75, 3.05) is 53.0 Å². The van der Waals surface area contributed by atoms with E-state index in [1.54, 1.807) is 45.2 Å². The molecule has 0 atom stereocenters. The molecule has 2 aliphatic heterocycles. The van der Waals surface area contributed by atoms with E-state index in [2.05, 4.69) is 15.0 Å². The minimum absolute atomic E-state index is 0.136. The number of hydrogen-bond acceptors (Lipinski definition) is 9. The zero-order valence-electron chi connectivity index (χ0n) is 21.8. The van der Waals surface area contributed by atoms with Crippen LogP contribution in [0.25, 0.3) is 0 Å². The van der Waals surface area contributed by atoms with Gasteiger partial charge in [0.1, 0.15) is 17.9 Å². The van der Waals surface area contributed by atoms with Gasteiger partial charge in [0.15, 0.2) is 0 Å². The molecule has 196 valence electrons. The molecule has 1 aromatic carbocycles. The number of hydrazone groups is 1. The maximum atomic E-state index is 13.5. The van der Waals surface area contributed by atoms with Crippen LogP contribution in [-0.4, -0.2) is 92.3 Å². The minimum Gasteiger partial charge on any atom is -0.492 e. The third-order valence-electron chi connectivity index (χ3n) is 6.03. The number of rotatable bonds is 7. The van der Waals surface area contributed by atoms with Gasteiger partial charge in [-0.05, 0) is 38.1 Å².